The molecule has 0 saturated carbocycles. The molecule has 1 fully saturated rings. The molecule has 1 aromatic heterocycles. The van der Waals surface area contributed by atoms with Crippen molar-refractivity contribution in [1.82, 2.24) is 4.98 Å². The fraction of sp³-hybridized carbons (Fsp3) is 0.476. The molecule has 142 valence electrons. The third-order valence-electron chi connectivity index (χ3n) is 6.13. The summed E-state index contributed by atoms with van der Waals surface area (Å²) >= 11 is 4.51. The summed E-state index contributed by atoms with van der Waals surface area (Å²) < 4.78 is 12.4. The van der Waals surface area contributed by atoms with E-state index in [-0.39, 0.29) is 17.0 Å². The average molecular weight is 383 g/mol. The minimum atomic E-state index is -0.398. The molecule has 1 aliphatic heterocycles. The van der Waals surface area contributed by atoms with Gasteiger partial charge in [-0.25, -0.2) is 0 Å². The molecule has 0 unspecified atom stereocenters. The molecule has 1 saturated heterocycles. The van der Waals surface area contributed by atoms with Crippen LogP contribution in [0.1, 0.15) is 62.2 Å². The van der Waals surface area contributed by atoms with E-state index in [1.807, 2.05) is 6.07 Å². The maximum absolute atomic E-state index is 12.2. The fourth-order valence-electron chi connectivity index (χ4n) is 3.80. The molecule has 0 bridgehead atoms. The van der Waals surface area contributed by atoms with E-state index in [1.54, 1.807) is 0 Å². The Labute approximate surface area is 166 Å². The number of ketones is 1. The zero-order valence-corrected chi connectivity index (χ0v) is 17.3. The quantitative estimate of drug-likeness (QED) is 0.600. The van der Waals surface area contributed by atoms with E-state index < -0.39 is 7.12 Å². The third-order valence-corrected chi connectivity index (χ3v) is 6.50. The van der Waals surface area contributed by atoms with Crippen LogP contribution >= 0.6 is 12.6 Å². The molecule has 0 radical (unpaired) electrons. The number of fused-ring (bicyclic) bond motifs is 3. The van der Waals surface area contributed by atoms with Gasteiger partial charge in [-0.05, 0) is 69.3 Å². The zero-order chi connectivity index (χ0) is 19.4. The smallest absolute Gasteiger partial charge is 0.400 e. The Balaban J connectivity index is 1.70. The van der Waals surface area contributed by atoms with Gasteiger partial charge < -0.3 is 14.3 Å². The first-order valence-corrected chi connectivity index (χ1v) is 10.2. The van der Waals surface area contributed by atoms with Crippen LogP contribution in [-0.2, 0) is 15.7 Å². The van der Waals surface area contributed by atoms with E-state index in [1.165, 1.54) is 0 Å². The van der Waals surface area contributed by atoms with Crippen molar-refractivity contribution in [3.05, 3.63) is 40.5 Å². The molecule has 2 aliphatic rings. The first-order valence-electron chi connectivity index (χ1n) is 9.56. The van der Waals surface area contributed by atoms with Crippen molar-refractivity contribution in [2.75, 3.05) is 5.75 Å². The monoisotopic (exact) mass is 383 g/mol. The standard InChI is InChI=1S/C21H26BNO3S/c1-20(2)21(3,4)26-22(25-20)14(12-27)10-13-8-9-17-16(11-13)15-6-5-7-18(24)19(15)23-17/h8-11,23,27H,5-7,12H2,1-4H3. The summed E-state index contributed by atoms with van der Waals surface area (Å²) in [7, 11) is -0.398. The van der Waals surface area contributed by atoms with Gasteiger partial charge in [-0.2, -0.15) is 12.6 Å². The molecule has 1 aliphatic carbocycles. The number of Topliss-reactive ketones (excluding diaryl/α,β-unsaturated/α-hetero) is 1. The second-order valence-electron chi connectivity index (χ2n) is 8.53. The normalized spacial score (nSPS) is 21.7. The molecule has 1 aromatic carbocycles. The number of aryl methyl sites for hydroxylation is 1. The van der Waals surface area contributed by atoms with E-state index in [2.05, 4.69) is 63.5 Å². The summed E-state index contributed by atoms with van der Waals surface area (Å²) in [4.78, 5) is 15.5. The number of aromatic amines is 1. The van der Waals surface area contributed by atoms with Gasteiger partial charge in [0.1, 0.15) is 0 Å². The van der Waals surface area contributed by atoms with Gasteiger partial charge in [0.05, 0.1) is 16.9 Å². The lowest BCUT2D eigenvalue weighted by Crippen LogP contribution is -2.41. The Bertz CT molecular complexity index is 928. The minimum absolute atomic E-state index is 0.220. The number of nitrogens with one attached hydrogen (secondary N) is 1. The molecule has 4 rings (SSSR count). The van der Waals surface area contributed by atoms with Crippen molar-refractivity contribution in [2.45, 2.75) is 58.2 Å². The highest BCUT2D eigenvalue weighted by Crippen LogP contribution is 2.39. The van der Waals surface area contributed by atoms with E-state index in [4.69, 9.17) is 9.31 Å². The van der Waals surface area contributed by atoms with Crippen LogP contribution in [0.3, 0.4) is 0 Å². The maximum Gasteiger partial charge on any atom is 0.491 e. The van der Waals surface area contributed by atoms with Crippen molar-refractivity contribution >= 4 is 42.5 Å². The Morgan fingerprint density at radius 1 is 1.22 bits per heavy atom. The Kier molecular flexibility index (Phi) is 4.56. The van der Waals surface area contributed by atoms with Crippen LogP contribution in [-0.4, -0.2) is 34.8 Å². The van der Waals surface area contributed by atoms with Crippen molar-refractivity contribution in [1.29, 1.82) is 0 Å². The van der Waals surface area contributed by atoms with Gasteiger partial charge in [-0.15, -0.1) is 0 Å². The number of rotatable bonds is 3. The van der Waals surface area contributed by atoms with Gasteiger partial charge in [-0.3, -0.25) is 4.79 Å². The Morgan fingerprint density at radius 3 is 2.59 bits per heavy atom. The van der Waals surface area contributed by atoms with E-state index in [9.17, 15) is 4.79 Å². The summed E-state index contributed by atoms with van der Waals surface area (Å²) in [5.74, 6) is 0.774. The largest absolute Gasteiger partial charge is 0.491 e. The fourth-order valence-corrected chi connectivity index (χ4v) is 4.04. The highest BCUT2D eigenvalue weighted by Gasteiger charge is 2.52. The Morgan fingerprint density at radius 2 is 1.93 bits per heavy atom. The number of carbonyl (C=O) groups is 1. The highest BCUT2D eigenvalue weighted by atomic mass is 32.1. The van der Waals surface area contributed by atoms with Gasteiger partial charge in [-0.1, -0.05) is 12.1 Å². The predicted octanol–water partition coefficient (Wildman–Crippen LogP) is 4.63. The molecule has 2 aromatic rings. The van der Waals surface area contributed by atoms with Crippen LogP contribution in [0.4, 0.5) is 0 Å². The maximum atomic E-state index is 12.2. The molecule has 4 nitrogen and oxygen atoms in total. The summed E-state index contributed by atoms with van der Waals surface area (Å²) in [6.45, 7) is 8.22. The second-order valence-corrected chi connectivity index (χ2v) is 8.84. The van der Waals surface area contributed by atoms with E-state index in [0.29, 0.717) is 12.2 Å². The topological polar surface area (TPSA) is 51.3 Å². The lowest BCUT2D eigenvalue weighted by molar-refractivity contribution is 0.00578. The number of carbonyl (C=O) groups excluding carboxylic acids is 1. The first-order chi connectivity index (χ1) is 12.7. The Hall–Kier alpha value is -1.50. The third kappa shape index (κ3) is 3.18. The van der Waals surface area contributed by atoms with E-state index in [0.717, 1.165) is 46.0 Å². The molecule has 0 amide bonds. The molecule has 2 heterocycles. The van der Waals surface area contributed by atoms with Crippen LogP contribution < -0.4 is 0 Å². The van der Waals surface area contributed by atoms with Crippen LogP contribution in [0, 0.1) is 0 Å². The molecule has 1 N–H and O–H groups in total. The molecule has 0 spiro atoms. The molecule has 0 atom stereocenters. The van der Waals surface area contributed by atoms with Crippen LogP contribution in [0.15, 0.2) is 23.7 Å². The minimum Gasteiger partial charge on any atom is -0.400 e. The lowest BCUT2D eigenvalue weighted by atomic mass is 9.78. The number of thiol groups is 1. The summed E-state index contributed by atoms with van der Waals surface area (Å²) in [6.07, 6.45) is 4.61. The number of benzene rings is 1. The first kappa shape index (κ1) is 18.8. The van der Waals surface area contributed by atoms with Crippen molar-refractivity contribution in [3.8, 4) is 0 Å². The summed E-state index contributed by atoms with van der Waals surface area (Å²) in [5, 5.41) is 1.14. The number of H-pyrrole nitrogens is 1. The lowest BCUT2D eigenvalue weighted by Gasteiger charge is -2.32. The molecular weight excluding hydrogens is 357 g/mol. The van der Waals surface area contributed by atoms with E-state index >= 15 is 0 Å². The molecule has 27 heavy (non-hydrogen) atoms. The zero-order valence-electron chi connectivity index (χ0n) is 16.4. The molecular formula is C21H26BNO3S. The predicted molar refractivity (Wildman–Crippen MR) is 113 cm³/mol. The highest BCUT2D eigenvalue weighted by molar-refractivity contribution is 7.80. The summed E-state index contributed by atoms with van der Waals surface area (Å²) in [5.41, 5.74) is 4.29. The van der Waals surface area contributed by atoms with Crippen molar-refractivity contribution in [3.63, 3.8) is 0 Å². The average Bonchev–Trinajstić information content (AvgIpc) is 3.07. The second kappa shape index (κ2) is 6.54. The van der Waals surface area contributed by atoms with Crippen molar-refractivity contribution in [2.24, 2.45) is 0 Å². The number of hydrogen-bond donors (Lipinski definition) is 2. The van der Waals surface area contributed by atoms with Gasteiger partial charge in [0.15, 0.2) is 5.78 Å². The summed E-state index contributed by atoms with van der Waals surface area (Å²) in [6, 6.07) is 6.26. The molecule has 6 heteroatoms. The van der Waals surface area contributed by atoms with Gasteiger partial charge >= 0.3 is 7.12 Å². The van der Waals surface area contributed by atoms with Crippen LogP contribution in [0.5, 0.6) is 0 Å². The number of hydrogen-bond acceptors (Lipinski definition) is 4. The van der Waals surface area contributed by atoms with Crippen LogP contribution in [0.2, 0.25) is 0 Å². The SMILES string of the molecule is CC1(C)OB(C(=Cc2ccc3[nH]c4c(c3c2)CCCC4=O)CS)OC1(C)C. The van der Waals surface area contributed by atoms with Gasteiger partial charge in [0.25, 0.3) is 0 Å². The van der Waals surface area contributed by atoms with Crippen molar-refractivity contribution < 1.29 is 14.1 Å². The van der Waals surface area contributed by atoms with Gasteiger partial charge in [0.2, 0.25) is 0 Å². The van der Waals surface area contributed by atoms with Gasteiger partial charge in [0, 0.05) is 23.1 Å². The number of aromatic nitrogens is 1. The van der Waals surface area contributed by atoms with Crippen LogP contribution in [0.25, 0.3) is 17.0 Å².